The highest BCUT2D eigenvalue weighted by molar-refractivity contribution is 5.71. The van der Waals surface area contributed by atoms with E-state index in [0.29, 0.717) is 5.56 Å². The zero-order valence-corrected chi connectivity index (χ0v) is 16.2. The van der Waals surface area contributed by atoms with Gasteiger partial charge in [-0.1, -0.05) is 62.9 Å². The van der Waals surface area contributed by atoms with Gasteiger partial charge in [0.15, 0.2) is 11.6 Å². The summed E-state index contributed by atoms with van der Waals surface area (Å²) in [5.41, 5.74) is 3.48. The number of unbranched alkanes of at least 4 members (excludes halogenated alkanes) is 2. The van der Waals surface area contributed by atoms with Crippen LogP contribution in [0.2, 0.25) is 0 Å². The zero-order chi connectivity index (χ0) is 19.2. The largest absolute Gasteiger partial charge is 0.494 e. The molecule has 0 heterocycles. The third kappa shape index (κ3) is 4.58. The van der Waals surface area contributed by atoms with Crippen LogP contribution in [-0.2, 0) is 0 Å². The maximum Gasteiger partial charge on any atom is 0.201 e. The summed E-state index contributed by atoms with van der Waals surface area (Å²) in [6.07, 6.45) is 11.1. The first-order valence-electron chi connectivity index (χ1n) is 9.95. The van der Waals surface area contributed by atoms with Crippen molar-refractivity contribution in [1.29, 1.82) is 0 Å². The van der Waals surface area contributed by atoms with E-state index in [1.807, 2.05) is 24.3 Å². The Hall–Kier alpha value is -2.16. The van der Waals surface area contributed by atoms with Crippen molar-refractivity contribution in [3.8, 4) is 16.9 Å². The molecule has 1 unspecified atom stereocenters. The van der Waals surface area contributed by atoms with Crippen LogP contribution in [0.1, 0.15) is 57.4 Å². The van der Waals surface area contributed by atoms with Gasteiger partial charge in [0, 0.05) is 5.56 Å². The summed E-state index contributed by atoms with van der Waals surface area (Å²) in [6, 6.07) is 10.8. The quantitative estimate of drug-likeness (QED) is 0.461. The maximum atomic E-state index is 14.3. The number of hydrogen-bond acceptors (Lipinski definition) is 1. The molecule has 2 aromatic carbocycles. The van der Waals surface area contributed by atoms with Crippen molar-refractivity contribution in [2.45, 2.75) is 51.9 Å². The van der Waals surface area contributed by atoms with Crippen molar-refractivity contribution < 1.29 is 13.5 Å². The molecule has 0 bridgehead atoms. The fourth-order valence-corrected chi connectivity index (χ4v) is 3.87. The lowest BCUT2D eigenvalue weighted by atomic mass is 9.83. The molecule has 27 heavy (non-hydrogen) atoms. The smallest absolute Gasteiger partial charge is 0.201 e. The van der Waals surface area contributed by atoms with Crippen molar-refractivity contribution in [2.24, 2.45) is 5.92 Å². The molecular formula is C24H28F2O. The van der Waals surface area contributed by atoms with Crippen molar-refractivity contribution in [2.75, 3.05) is 7.11 Å². The molecule has 144 valence electrons. The molecular weight excluding hydrogens is 342 g/mol. The van der Waals surface area contributed by atoms with Gasteiger partial charge in [-0.2, -0.15) is 4.39 Å². The van der Waals surface area contributed by atoms with Crippen LogP contribution in [0.5, 0.6) is 5.75 Å². The van der Waals surface area contributed by atoms with Crippen LogP contribution in [0.3, 0.4) is 0 Å². The predicted molar refractivity (Wildman–Crippen MR) is 108 cm³/mol. The van der Waals surface area contributed by atoms with E-state index >= 15 is 0 Å². The van der Waals surface area contributed by atoms with Gasteiger partial charge in [0.05, 0.1) is 7.11 Å². The fraction of sp³-hybridized carbons (Fsp3) is 0.417. The van der Waals surface area contributed by atoms with Crippen LogP contribution < -0.4 is 4.74 Å². The minimum Gasteiger partial charge on any atom is -0.494 e. The molecule has 0 fully saturated rings. The fourth-order valence-electron chi connectivity index (χ4n) is 3.87. The summed E-state index contributed by atoms with van der Waals surface area (Å²) in [5, 5.41) is 0. The van der Waals surface area contributed by atoms with E-state index in [4.69, 9.17) is 4.74 Å². The number of rotatable bonds is 7. The van der Waals surface area contributed by atoms with Crippen LogP contribution in [0.25, 0.3) is 16.7 Å². The highest BCUT2D eigenvalue weighted by Crippen LogP contribution is 2.34. The number of halogens is 2. The van der Waals surface area contributed by atoms with Crippen LogP contribution in [0.4, 0.5) is 8.78 Å². The number of ether oxygens (including phenoxy) is 1. The molecule has 0 saturated heterocycles. The van der Waals surface area contributed by atoms with E-state index in [1.54, 1.807) is 6.07 Å². The third-order valence-corrected chi connectivity index (χ3v) is 5.57. The summed E-state index contributed by atoms with van der Waals surface area (Å²) < 4.78 is 33.1. The van der Waals surface area contributed by atoms with Crippen molar-refractivity contribution in [1.82, 2.24) is 0 Å². The average Bonchev–Trinajstić information content (AvgIpc) is 2.71. The summed E-state index contributed by atoms with van der Waals surface area (Å²) in [7, 11) is 1.33. The second kappa shape index (κ2) is 9.16. The van der Waals surface area contributed by atoms with E-state index in [9.17, 15) is 8.78 Å². The highest BCUT2D eigenvalue weighted by Gasteiger charge is 2.17. The average molecular weight is 370 g/mol. The normalized spacial score (nSPS) is 16.9. The minimum atomic E-state index is -0.941. The number of allylic oxidation sites excluding steroid dienone is 2. The van der Waals surface area contributed by atoms with Crippen molar-refractivity contribution in [3.05, 3.63) is 59.7 Å². The number of benzene rings is 2. The zero-order valence-electron chi connectivity index (χ0n) is 16.2. The second-order valence-corrected chi connectivity index (χ2v) is 7.39. The van der Waals surface area contributed by atoms with Gasteiger partial charge in [-0.3, -0.25) is 0 Å². The Bertz CT molecular complexity index is 793. The Morgan fingerprint density at radius 1 is 0.963 bits per heavy atom. The molecule has 0 radical (unpaired) electrons. The molecule has 0 N–H and O–H groups in total. The molecule has 0 amide bonds. The summed E-state index contributed by atoms with van der Waals surface area (Å²) in [4.78, 5) is 0. The molecule has 1 atom stereocenters. The van der Waals surface area contributed by atoms with Gasteiger partial charge in [-0.15, -0.1) is 0 Å². The molecule has 1 aliphatic rings. The summed E-state index contributed by atoms with van der Waals surface area (Å²) >= 11 is 0. The van der Waals surface area contributed by atoms with Crippen LogP contribution in [-0.4, -0.2) is 7.11 Å². The molecule has 0 aromatic heterocycles. The first-order chi connectivity index (χ1) is 13.1. The Labute approximate surface area is 161 Å². The van der Waals surface area contributed by atoms with E-state index in [-0.39, 0.29) is 11.3 Å². The maximum absolute atomic E-state index is 14.3. The Kier molecular flexibility index (Phi) is 6.65. The molecule has 2 aromatic rings. The topological polar surface area (TPSA) is 9.23 Å². The Morgan fingerprint density at radius 2 is 1.70 bits per heavy atom. The third-order valence-electron chi connectivity index (χ3n) is 5.57. The second-order valence-electron chi connectivity index (χ2n) is 7.39. The molecule has 1 nitrogen and oxygen atoms in total. The van der Waals surface area contributed by atoms with Crippen LogP contribution in [0.15, 0.2) is 42.5 Å². The predicted octanol–water partition coefficient (Wildman–Crippen LogP) is 7.40. The van der Waals surface area contributed by atoms with E-state index < -0.39 is 11.6 Å². The molecule has 0 saturated carbocycles. The lowest BCUT2D eigenvalue weighted by molar-refractivity contribution is 0.372. The van der Waals surface area contributed by atoms with Crippen LogP contribution in [0, 0.1) is 17.6 Å². The summed E-state index contributed by atoms with van der Waals surface area (Å²) in [5.74, 6) is -1.07. The SMILES string of the molecule is CCCCCC1CC=C(c2ccc(-c3ccc(OC)c(F)c3F)cc2)CC1. The Morgan fingerprint density at radius 3 is 2.33 bits per heavy atom. The van der Waals surface area contributed by atoms with E-state index in [1.165, 1.54) is 56.4 Å². The molecule has 0 aliphatic heterocycles. The monoisotopic (exact) mass is 370 g/mol. The molecule has 3 rings (SSSR count). The Balaban J connectivity index is 1.70. The van der Waals surface area contributed by atoms with Gasteiger partial charge >= 0.3 is 0 Å². The van der Waals surface area contributed by atoms with Gasteiger partial charge in [-0.05, 0) is 54.0 Å². The van der Waals surface area contributed by atoms with Gasteiger partial charge in [0.25, 0.3) is 0 Å². The van der Waals surface area contributed by atoms with E-state index in [2.05, 4.69) is 13.0 Å². The van der Waals surface area contributed by atoms with Gasteiger partial charge in [-0.25, -0.2) is 4.39 Å². The lowest BCUT2D eigenvalue weighted by Crippen LogP contribution is -2.05. The first-order valence-corrected chi connectivity index (χ1v) is 9.95. The van der Waals surface area contributed by atoms with Crippen molar-refractivity contribution >= 4 is 5.57 Å². The lowest BCUT2D eigenvalue weighted by Gasteiger charge is -2.22. The minimum absolute atomic E-state index is 0.0753. The van der Waals surface area contributed by atoms with Gasteiger partial charge in [0.2, 0.25) is 5.82 Å². The van der Waals surface area contributed by atoms with E-state index in [0.717, 1.165) is 18.8 Å². The van der Waals surface area contributed by atoms with Crippen LogP contribution >= 0.6 is 0 Å². The van der Waals surface area contributed by atoms with Gasteiger partial charge in [0.1, 0.15) is 0 Å². The molecule has 3 heteroatoms. The van der Waals surface area contributed by atoms with Gasteiger partial charge < -0.3 is 4.74 Å². The van der Waals surface area contributed by atoms with Crippen molar-refractivity contribution in [3.63, 3.8) is 0 Å². The highest BCUT2D eigenvalue weighted by atomic mass is 19.2. The number of hydrogen-bond donors (Lipinski definition) is 0. The standard InChI is InChI=1S/C24H28F2O/c1-3-4-5-6-17-7-9-18(10-8-17)19-11-13-20(14-12-19)21-15-16-22(27-2)24(26)23(21)25/h9,11-17H,3-8,10H2,1-2H3. The summed E-state index contributed by atoms with van der Waals surface area (Å²) in [6.45, 7) is 2.24. The molecule has 0 spiro atoms. The molecule has 1 aliphatic carbocycles. The first kappa shape index (κ1) is 19.6. The number of methoxy groups -OCH3 is 1.